The van der Waals surface area contributed by atoms with Crippen molar-refractivity contribution in [3.8, 4) is 0 Å². The molecule has 12 heteroatoms. The van der Waals surface area contributed by atoms with Crippen LogP contribution in [0.3, 0.4) is 0 Å². The van der Waals surface area contributed by atoms with Gasteiger partial charge in [-0.15, -0.1) is 0 Å². The SMILES string of the molecule is CC(C)(C)OC(=O)N(C(=O)OC(C)(C)C)c1ncnc2c1c(B1OC(C)(C)C(C)(C)O1)cn2C1COC1. The van der Waals surface area contributed by atoms with Gasteiger partial charge in [0, 0.05) is 11.7 Å². The van der Waals surface area contributed by atoms with Gasteiger partial charge in [0.15, 0.2) is 5.82 Å². The van der Waals surface area contributed by atoms with Crippen LogP contribution in [-0.4, -0.2) is 69.5 Å². The van der Waals surface area contributed by atoms with Crippen molar-refractivity contribution in [3.05, 3.63) is 12.5 Å². The Balaban J connectivity index is 1.92. The molecule has 0 atom stereocenters. The lowest BCUT2D eigenvalue weighted by molar-refractivity contribution is -0.0215. The zero-order chi connectivity index (χ0) is 27.6. The lowest BCUT2D eigenvalue weighted by Crippen LogP contribution is -2.45. The van der Waals surface area contributed by atoms with Crippen LogP contribution in [0.25, 0.3) is 11.0 Å². The molecule has 4 rings (SSSR count). The second-order valence-corrected chi connectivity index (χ2v) is 12.5. The zero-order valence-corrected chi connectivity index (χ0v) is 23.4. The minimum atomic E-state index is -0.915. The molecule has 2 amide bonds. The summed E-state index contributed by atoms with van der Waals surface area (Å²) in [5.74, 6) is 0.0252. The molecule has 0 aromatic carbocycles. The van der Waals surface area contributed by atoms with Crippen molar-refractivity contribution in [1.29, 1.82) is 0 Å². The van der Waals surface area contributed by atoms with Crippen molar-refractivity contribution < 1.29 is 33.1 Å². The van der Waals surface area contributed by atoms with Gasteiger partial charge in [0.05, 0.1) is 35.8 Å². The molecule has 2 fully saturated rings. The van der Waals surface area contributed by atoms with E-state index in [4.69, 9.17) is 23.5 Å². The Bertz CT molecular complexity index is 1160. The average molecular weight is 516 g/mol. The molecule has 0 radical (unpaired) electrons. The number of imide groups is 1. The molecule has 0 N–H and O–H groups in total. The summed E-state index contributed by atoms with van der Waals surface area (Å²) in [6.07, 6.45) is 1.35. The van der Waals surface area contributed by atoms with Gasteiger partial charge in [0.25, 0.3) is 0 Å². The number of carbonyl (C=O) groups excluding carboxylic acids is 2. The molecule has 2 aromatic heterocycles. The zero-order valence-electron chi connectivity index (χ0n) is 23.4. The first-order valence-electron chi connectivity index (χ1n) is 12.5. The molecule has 11 nitrogen and oxygen atoms in total. The third kappa shape index (κ3) is 5.32. The lowest BCUT2D eigenvalue weighted by atomic mass is 9.79. The fraction of sp³-hybridized carbons (Fsp3) is 0.680. The van der Waals surface area contributed by atoms with Crippen LogP contribution in [-0.2, 0) is 23.5 Å². The number of nitrogens with zero attached hydrogens (tertiary/aromatic N) is 4. The summed E-state index contributed by atoms with van der Waals surface area (Å²) in [4.78, 5) is 36.6. The Morgan fingerprint density at radius 2 is 1.49 bits per heavy atom. The van der Waals surface area contributed by atoms with E-state index in [2.05, 4.69) is 9.97 Å². The summed E-state index contributed by atoms with van der Waals surface area (Å²) >= 11 is 0. The van der Waals surface area contributed by atoms with Crippen LogP contribution in [0.1, 0.15) is 75.3 Å². The molecule has 0 unspecified atom stereocenters. The van der Waals surface area contributed by atoms with Gasteiger partial charge < -0.3 is 28.1 Å². The largest absolute Gasteiger partial charge is 0.497 e. The molecule has 2 aliphatic rings. The minimum Gasteiger partial charge on any atom is -0.443 e. The van der Waals surface area contributed by atoms with E-state index in [9.17, 15) is 9.59 Å². The van der Waals surface area contributed by atoms with Crippen LogP contribution in [0.15, 0.2) is 12.5 Å². The molecule has 0 spiro atoms. The number of ether oxygens (including phenoxy) is 3. The molecule has 2 aromatic rings. The van der Waals surface area contributed by atoms with E-state index in [1.807, 2.05) is 38.5 Å². The highest BCUT2D eigenvalue weighted by molar-refractivity contribution is 6.65. The number of amides is 2. The van der Waals surface area contributed by atoms with Gasteiger partial charge in [-0.25, -0.2) is 19.6 Å². The molecule has 4 heterocycles. The second kappa shape index (κ2) is 8.95. The first-order valence-corrected chi connectivity index (χ1v) is 12.5. The Morgan fingerprint density at radius 3 is 1.92 bits per heavy atom. The minimum absolute atomic E-state index is 0.0252. The number of fused-ring (bicyclic) bond motifs is 1. The van der Waals surface area contributed by atoms with Crippen LogP contribution < -0.4 is 10.4 Å². The summed E-state index contributed by atoms with van der Waals surface area (Å²) in [7, 11) is -0.793. The van der Waals surface area contributed by atoms with Crippen molar-refractivity contribution in [1.82, 2.24) is 14.5 Å². The van der Waals surface area contributed by atoms with Crippen LogP contribution in [0, 0.1) is 0 Å². The van der Waals surface area contributed by atoms with Gasteiger partial charge in [0.1, 0.15) is 23.2 Å². The number of rotatable bonds is 3. The van der Waals surface area contributed by atoms with E-state index < -0.39 is 41.7 Å². The molecule has 0 saturated carbocycles. The van der Waals surface area contributed by atoms with Crippen LogP contribution in [0.5, 0.6) is 0 Å². The van der Waals surface area contributed by atoms with Crippen molar-refractivity contribution in [2.45, 2.75) is 97.7 Å². The van der Waals surface area contributed by atoms with Crippen molar-refractivity contribution in [3.63, 3.8) is 0 Å². The van der Waals surface area contributed by atoms with E-state index >= 15 is 0 Å². The van der Waals surface area contributed by atoms with E-state index in [1.165, 1.54) is 6.33 Å². The third-order valence-electron chi connectivity index (χ3n) is 6.50. The Labute approximate surface area is 217 Å². The second-order valence-electron chi connectivity index (χ2n) is 12.5. The fourth-order valence-corrected chi connectivity index (χ4v) is 3.94. The molecular weight excluding hydrogens is 479 g/mol. The maximum Gasteiger partial charge on any atom is 0.497 e. The maximum atomic E-state index is 13.4. The topological polar surface area (TPSA) is 114 Å². The molecule has 2 saturated heterocycles. The van der Waals surface area contributed by atoms with Gasteiger partial charge in [-0.2, -0.15) is 4.90 Å². The van der Waals surface area contributed by atoms with Crippen LogP contribution >= 0.6 is 0 Å². The fourth-order valence-electron chi connectivity index (χ4n) is 3.94. The number of aromatic nitrogens is 3. The van der Waals surface area contributed by atoms with E-state index in [0.29, 0.717) is 29.7 Å². The first-order chi connectivity index (χ1) is 16.9. The molecule has 0 bridgehead atoms. The van der Waals surface area contributed by atoms with Crippen LogP contribution in [0.4, 0.5) is 15.4 Å². The summed E-state index contributed by atoms with van der Waals surface area (Å²) in [6.45, 7) is 19.2. The standard InChI is InChI=1S/C25H37BN4O7/c1-22(2,3)34-20(31)30(21(32)35-23(4,5)6)19-17-16(26-36-24(7,8)25(9,10)37-26)11-29(15-12-33-13-15)18(17)27-14-28-19/h11,14-15H,12-13H2,1-10H3. The summed E-state index contributed by atoms with van der Waals surface area (Å²) < 4.78 is 31.2. The normalized spacial score (nSPS) is 19.6. The predicted molar refractivity (Wildman–Crippen MR) is 138 cm³/mol. The lowest BCUT2D eigenvalue weighted by Gasteiger charge is -2.32. The highest BCUT2D eigenvalue weighted by Gasteiger charge is 2.53. The summed E-state index contributed by atoms with van der Waals surface area (Å²) in [5.41, 5.74) is -1.86. The highest BCUT2D eigenvalue weighted by Crippen LogP contribution is 2.38. The average Bonchev–Trinajstić information content (AvgIpc) is 3.12. The Morgan fingerprint density at radius 1 is 0.973 bits per heavy atom. The molecule has 0 aliphatic carbocycles. The first kappa shape index (κ1) is 27.3. The number of anilines is 1. The quantitative estimate of drug-likeness (QED) is 0.559. The maximum absolute atomic E-state index is 13.4. The van der Waals surface area contributed by atoms with Gasteiger partial charge in [-0.1, -0.05) is 0 Å². The third-order valence-corrected chi connectivity index (χ3v) is 6.50. The smallest absolute Gasteiger partial charge is 0.443 e. The number of hydrogen-bond acceptors (Lipinski definition) is 9. The van der Waals surface area contributed by atoms with Crippen molar-refractivity contribution >= 4 is 41.6 Å². The molecular formula is C25H37BN4O7. The Hall–Kier alpha value is -2.70. The molecule has 2 aliphatic heterocycles. The highest BCUT2D eigenvalue weighted by atomic mass is 16.7. The van der Waals surface area contributed by atoms with Crippen molar-refractivity contribution in [2.75, 3.05) is 18.1 Å². The summed E-state index contributed by atoms with van der Waals surface area (Å²) in [6, 6.07) is 0.0259. The molecule has 37 heavy (non-hydrogen) atoms. The van der Waals surface area contributed by atoms with Gasteiger partial charge >= 0.3 is 19.3 Å². The van der Waals surface area contributed by atoms with E-state index in [1.54, 1.807) is 41.5 Å². The number of carbonyl (C=O) groups is 2. The van der Waals surface area contributed by atoms with Gasteiger partial charge in [-0.05, 0) is 69.2 Å². The Kier molecular flexibility index (Phi) is 6.62. The van der Waals surface area contributed by atoms with Gasteiger partial charge in [0.2, 0.25) is 0 Å². The summed E-state index contributed by atoms with van der Waals surface area (Å²) in [5, 5.41) is 0.435. The van der Waals surface area contributed by atoms with E-state index in [0.717, 1.165) is 4.90 Å². The predicted octanol–water partition coefficient (Wildman–Crippen LogP) is 3.98. The molecule has 202 valence electrons. The monoisotopic (exact) mass is 516 g/mol. The van der Waals surface area contributed by atoms with Crippen molar-refractivity contribution in [2.24, 2.45) is 0 Å². The van der Waals surface area contributed by atoms with E-state index in [-0.39, 0.29) is 11.9 Å². The van der Waals surface area contributed by atoms with Crippen LogP contribution in [0.2, 0.25) is 0 Å². The van der Waals surface area contributed by atoms with Gasteiger partial charge in [-0.3, -0.25) is 0 Å². The number of hydrogen-bond donors (Lipinski definition) is 0.